The van der Waals surface area contributed by atoms with Crippen molar-refractivity contribution in [1.82, 2.24) is 9.88 Å². The number of ether oxygens (including phenoxy) is 1. The Balaban J connectivity index is 1.60. The summed E-state index contributed by atoms with van der Waals surface area (Å²) in [5, 5.41) is 9.93. The molecule has 6 heteroatoms. The van der Waals surface area contributed by atoms with Crippen molar-refractivity contribution >= 4 is 5.82 Å². The molecule has 4 rings (SSSR count). The maximum atomic E-state index is 9.93. The van der Waals surface area contributed by atoms with Crippen LogP contribution in [0.2, 0.25) is 0 Å². The van der Waals surface area contributed by atoms with Gasteiger partial charge in [-0.3, -0.25) is 0 Å². The fraction of sp³-hybridized carbons (Fsp3) is 0.667. The molecule has 0 bridgehead atoms. The Morgan fingerprint density at radius 1 is 1.37 bits per heavy atom. The third-order valence-corrected chi connectivity index (χ3v) is 6.65. The largest absolute Gasteiger partial charge is 0.372 e. The standard InChI is InChI=1S/C24H35N5O/c1-4-22(30-12-9-25)21-13-20(14-26)24(27-23(21)19-7-8-19)28-10-11-29(16(2)15-28)17(3)18-5-6-18/h13,16,18-19,22H,3-12,15,25H2,1-2H3. The molecule has 0 spiro atoms. The van der Waals surface area contributed by atoms with Crippen molar-refractivity contribution in [1.29, 1.82) is 5.26 Å². The molecule has 2 N–H and O–H groups in total. The fourth-order valence-corrected chi connectivity index (χ4v) is 4.66. The Labute approximate surface area is 180 Å². The van der Waals surface area contributed by atoms with E-state index in [1.54, 1.807) is 0 Å². The molecule has 2 saturated carbocycles. The number of nitrogens with zero attached hydrogens (tertiary/aromatic N) is 4. The Bertz CT molecular complexity index is 824. The van der Waals surface area contributed by atoms with Gasteiger partial charge in [-0.05, 0) is 51.0 Å². The van der Waals surface area contributed by atoms with E-state index >= 15 is 0 Å². The van der Waals surface area contributed by atoms with E-state index in [2.05, 4.69) is 36.3 Å². The normalized spacial score (nSPS) is 22.7. The first-order valence-corrected chi connectivity index (χ1v) is 11.5. The summed E-state index contributed by atoms with van der Waals surface area (Å²) in [5.74, 6) is 2.03. The van der Waals surface area contributed by atoms with E-state index in [1.807, 2.05) is 6.07 Å². The van der Waals surface area contributed by atoms with Crippen molar-refractivity contribution in [3.8, 4) is 6.07 Å². The summed E-state index contributed by atoms with van der Waals surface area (Å²) in [6.45, 7) is 12.4. The van der Waals surface area contributed by atoms with Gasteiger partial charge in [0.2, 0.25) is 0 Å². The molecule has 0 radical (unpaired) electrons. The van der Waals surface area contributed by atoms with Gasteiger partial charge in [-0.2, -0.15) is 5.26 Å². The molecule has 2 heterocycles. The van der Waals surface area contributed by atoms with Crippen LogP contribution in [0.1, 0.15) is 74.8 Å². The van der Waals surface area contributed by atoms with E-state index in [0.29, 0.717) is 36.6 Å². The number of anilines is 1. The van der Waals surface area contributed by atoms with Crippen LogP contribution < -0.4 is 10.6 Å². The number of hydrogen-bond donors (Lipinski definition) is 1. The van der Waals surface area contributed by atoms with Crippen molar-refractivity contribution in [2.45, 2.75) is 64.0 Å². The number of pyridine rings is 1. The first-order valence-electron chi connectivity index (χ1n) is 11.5. The summed E-state index contributed by atoms with van der Waals surface area (Å²) in [5.41, 5.74) is 9.83. The third-order valence-electron chi connectivity index (χ3n) is 6.65. The molecule has 3 fully saturated rings. The average Bonchev–Trinajstić information content (AvgIpc) is 3.65. The van der Waals surface area contributed by atoms with Gasteiger partial charge >= 0.3 is 0 Å². The van der Waals surface area contributed by atoms with Gasteiger partial charge < -0.3 is 20.3 Å². The van der Waals surface area contributed by atoms with Gasteiger partial charge in [-0.1, -0.05) is 13.5 Å². The number of allylic oxidation sites excluding steroid dienone is 1. The lowest BCUT2D eigenvalue weighted by Crippen LogP contribution is -2.52. The molecule has 2 unspecified atom stereocenters. The molecular formula is C24H35N5O. The van der Waals surface area contributed by atoms with Crippen molar-refractivity contribution in [2.24, 2.45) is 11.7 Å². The quantitative estimate of drug-likeness (QED) is 0.670. The SMILES string of the molecule is C=C(C1CC1)N1CCN(c2nc(C3CC3)c(C(CC)OCCN)cc2C#N)CC1C. The predicted octanol–water partition coefficient (Wildman–Crippen LogP) is 3.69. The van der Waals surface area contributed by atoms with Crippen LogP contribution >= 0.6 is 0 Å². The van der Waals surface area contributed by atoms with Gasteiger partial charge in [0.05, 0.1) is 24.0 Å². The predicted molar refractivity (Wildman–Crippen MR) is 119 cm³/mol. The Kier molecular flexibility index (Phi) is 6.31. The van der Waals surface area contributed by atoms with Crippen LogP contribution in [-0.2, 0) is 4.74 Å². The summed E-state index contributed by atoms with van der Waals surface area (Å²) in [4.78, 5) is 9.87. The molecule has 1 saturated heterocycles. The Morgan fingerprint density at radius 2 is 2.13 bits per heavy atom. The first kappa shape index (κ1) is 21.1. The second kappa shape index (κ2) is 8.95. The van der Waals surface area contributed by atoms with E-state index in [4.69, 9.17) is 15.5 Å². The van der Waals surface area contributed by atoms with Crippen molar-refractivity contribution in [2.75, 3.05) is 37.7 Å². The molecule has 3 aliphatic rings. The highest BCUT2D eigenvalue weighted by molar-refractivity contribution is 5.58. The monoisotopic (exact) mass is 409 g/mol. The Hall–Kier alpha value is -2.10. The summed E-state index contributed by atoms with van der Waals surface area (Å²) in [7, 11) is 0. The third kappa shape index (κ3) is 4.33. The van der Waals surface area contributed by atoms with Crippen LogP contribution in [0.25, 0.3) is 0 Å². The zero-order chi connectivity index (χ0) is 21.3. The van der Waals surface area contributed by atoms with Gasteiger partial charge in [0.25, 0.3) is 0 Å². The van der Waals surface area contributed by atoms with Gasteiger partial charge in [0.15, 0.2) is 0 Å². The summed E-state index contributed by atoms with van der Waals surface area (Å²) in [6.07, 6.45) is 5.71. The van der Waals surface area contributed by atoms with Gasteiger partial charge in [-0.15, -0.1) is 0 Å². The maximum Gasteiger partial charge on any atom is 0.146 e. The molecule has 30 heavy (non-hydrogen) atoms. The van der Waals surface area contributed by atoms with E-state index in [-0.39, 0.29) is 6.10 Å². The molecule has 1 aromatic rings. The smallest absolute Gasteiger partial charge is 0.146 e. The minimum atomic E-state index is -0.0459. The minimum absolute atomic E-state index is 0.0459. The molecule has 0 aromatic carbocycles. The number of nitrogens with two attached hydrogens (primary N) is 1. The lowest BCUT2D eigenvalue weighted by molar-refractivity contribution is 0.0547. The van der Waals surface area contributed by atoms with Gasteiger partial charge in [0.1, 0.15) is 11.9 Å². The topological polar surface area (TPSA) is 78.4 Å². The minimum Gasteiger partial charge on any atom is -0.372 e. The zero-order valence-electron chi connectivity index (χ0n) is 18.4. The second-order valence-electron chi connectivity index (χ2n) is 9.03. The van der Waals surface area contributed by atoms with E-state index in [1.165, 1.54) is 31.4 Å². The van der Waals surface area contributed by atoms with Crippen LogP contribution in [0.4, 0.5) is 5.82 Å². The highest BCUT2D eigenvalue weighted by Gasteiger charge is 2.35. The van der Waals surface area contributed by atoms with Crippen LogP contribution in [0.3, 0.4) is 0 Å². The van der Waals surface area contributed by atoms with Crippen molar-refractivity contribution in [3.63, 3.8) is 0 Å². The van der Waals surface area contributed by atoms with Crippen LogP contribution in [-0.4, -0.2) is 48.7 Å². The summed E-state index contributed by atoms with van der Waals surface area (Å²) < 4.78 is 6.01. The van der Waals surface area contributed by atoms with Crippen LogP contribution in [0.15, 0.2) is 18.3 Å². The first-order chi connectivity index (χ1) is 14.6. The van der Waals surface area contributed by atoms with E-state index in [0.717, 1.165) is 43.1 Å². The molecule has 0 amide bonds. The van der Waals surface area contributed by atoms with E-state index in [9.17, 15) is 5.26 Å². The van der Waals surface area contributed by atoms with Crippen LogP contribution in [0.5, 0.6) is 0 Å². The molecule has 162 valence electrons. The number of rotatable bonds is 9. The molecule has 1 aliphatic heterocycles. The Morgan fingerprint density at radius 3 is 2.70 bits per heavy atom. The highest BCUT2D eigenvalue weighted by Crippen LogP contribution is 2.45. The van der Waals surface area contributed by atoms with Crippen LogP contribution in [0, 0.1) is 17.2 Å². The van der Waals surface area contributed by atoms with Gasteiger partial charge in [0, 0.05) is 49.4 Å². The van der Waals surface area contributed by atoms with E-state index < -0.39 is 0 Å². The molecule has 2 atom stereocenters. The van der Waals surface area contributed by atoms with Gasteiger partial charge in [-0.25, -0.2) is 4.98 Å². The summed E-state index contributed by atoms with van der Waals surface area (Å²) in [6, 6.07) is 4.83. The second-order valence-corrected chi connectivity index (χ2v) is 9.03. The average molecular weight is 410 g/mol. The lowest BCUT2D eigenvalue weighted by Gasteiger charge is -2.43. The number of hydrogen-bond acceptors (Lipinski definition) is 6. The highest BCUT2D eigenvalue weighted by atomic mass is 16.5. The molecule has 2 aliphatic carbocycles. The fourth-order valence-electron chi connectivity index (χ4n) is 4.66. The molecule has 6 nitrogen and oxygen atoms in total. The van der Waals surface area contributed by atoms with Crippen molar-refractivity contribution < 1.29 is 4.74 Å². The summed E-state index contributed by atoms with van der Waals surface area (Å²) >= 11 is 0. The lowest BCUT2D eigenvalue weighted by atomic mass is 9.99. The number of nitriles is 1. The number of aromatic nitrogens is 1. The number of piperazine rings is 1. The molecule has 1 aromatic heterocycles. The zero-order valence-corrected chi connectivity index (χ0v) is 18.4. The maximum absolute atomic E-state index is 9.93. The molecular weight excluding hydrogens is 374 g/mol. The van der Waals surface area contributed by atoms with Crippen molar-refractivity contribution in [3.05, 3.63) is 35.2 Å².